The molecule has 0 aliphatic carbocycles. The highest BCUT2D eigenvalue weighted by Gasteiger charge is 2.26. The summed E-state index contributed by atoms with van der Waals surface area (Å²) in [6.07, 6.45) is 1.85. The van der Waals surface area contributed by atoms with Crippen molar-refractivity contribution >= 4 is 40.3 Å². The van der Waals surface area contributed by atoms with E-state index in [1.165, 1.54) is 33.1 Å². The zero-order valence-corrected chi connectivity index (χ0v) is 17.4. The van der Waals surface area contributed by atoms with Crippen LogP contribution in [0, 0.1) is 0 Å². The van der Waals surface area contributed by atoms with Gasteiger partial charge in [0.15, 0.2) is 0 Å². The van der Waals surface area contributed by atoms with Gasteiger partial charge in [-0.25, -0.2) is 18.6 Å². The topological polar surface area (TPSA) is 116 Å². The molecule has 0 aliphatic rings. The van der Waals surface area contributed by atoms with Gasteiger partial charge in [0.25, 0.3) is 0 Å². The SMILES string of the molecule is COC(=O)/C=C(/C)N(C(C)=O)c1ccccc1S(=O)/C(=C/C(=O)OC)C(=O)OC. The van der Waals surface area contributed by atoms with Crippen LogP contribution in [0.3, 0.4) is 0 Å². The second-order valence-corrected chi connectivity index (χ2v) is 6.84. The van der Waals surface area contributed by atoms with Crippen molar-refractivity contribution in [1.29, 1.82) is 0 Å². The first kappa shape index (κ1) is 23.8. The summed E-state index contributed by atoms with van der Waals surface area (Å²) in [5, 5.41) is 0. The molecule has 1 rings (SSSR count). The van der Waals surface area contributed by atoms with E-state index in [-0.39, 0.29) is 16.3 Å². The van der Waals surface area contributed by atoms with Gasteiger partial charge in [-0.05, 0) is 19.1 Å². The standard InChI is InChI=1S/C19H21NO8S/c1-12(10-17(22)26-3)20(13(2)21)14-8-6-7-9-15(14)29(25)16(19(24)28-5)11-18(23)27-4/h6-11H,1-5H3/b12-10-,16-11+. The van der Waals surface area contributed by atoms with Crippen LogP contribution in [0.25, 0.3) is 0 Å². The van der Waals surface area contributed by atoms with Gasteiger partial charge in [0.2, 0.25) is 5.91 Å². The fourth-order valence-corrected chi connectivity index (χ4v) is 3.50. The van der Waals surface area contributed by atoms with Crippen LogP contribution in [0.15, 0.2) is 51.9 Å². The van der Waals surface area contributed by atoms with E-state index in [1.807, 2.05) is 0 Å². The molecule has 0 spiro atoms. The highest BCUT2D eigenvalue weighted by atomic mass is 32.2. The molecule has 1 amide bonds. The predicted molar refractivity (Wildman–Crippen MR) is 104 cm³/mol. The number of anilines is 1. The molecule has 29 heavy (non-hydrogen) atoms. The van der Waals surface area contributed by atoms with Crippen molar-refractivity contribution in [3.05, 3.63) is 47.0 Å². The average molecular weight is 423 g/mol. The minimum absolute atomic E-state index is 0.0425. The molecule has 0 aliphatic heterocycles. The van der Waals surface area contributed by atoms with Crippen molar-refractivity contribution in [2.24, 2.45) is 0 Å². The molecular formula is C19H21NO8S. The minimum atomic E-state index is -2.20. The van der Waals surface area contributed by atoms with Gasteiger partial charge >= 0.3 is 17.9 Å². The highest BCUT2D eigenvalue weighted by Crippen LogP contribution is 2.30. The number of esters is 3. The lowest BCUT2D eigenvalue weighted by molar-refractivity contribution is -0.137. The molecule has 0 saturated carbocycles. The molecule has 9 nitrogen and oxygen atoms in total. The molecule has 10 heteroatoms. The minimum Gasteiger partial charge on any atom is -0.466 e. The summed E-state index contributed by atoms with van der Waals surface area (Å²) in [4.78, 5) is 48.2. The highest BCUT2D eigenvalue weighted by molar-refractivity contribution is 7.90. The molecule has 0 fully saturated rings. The first-order chi connectivity index (χ1) is 13.7. The number of rotatable bonds is 7. The van der Waals surface area contributed by atoms with E-state index in [9.17, 15) is 23.4 Å². The number of benzene rings is 1. The summed E-state index contributed by atoms with van der Waals surface area (Å²) in [5.41, 5.74) is 0.348. The van der Waals surface area contributed by atoms with Crippen LogP contribution in [0.1, 0.15) is 13.8 Å². The van der Waals surface area contributed by atoms with Crippen molar-refractivity contribution in [2.45, 2.75) is 18.7 Å². The van der Waals surface area contributed by atoms with Gasteiger partial charge in [-0.3, -0.25) is 9.69 Å². The van der Waals surface area contributed by atoms with E-state index in [2.05, 4.69) is 14.2 Å². The van der Waals surface area contributed by atoms with Crippen LogP contribution in [0.5, 0.6) is 0 Å². The monoisotopic (exact) mass is 423 g/mol. The van der Waals surface area contributed by atoms with Crippen LogP contribution in [0.2, 0.25) is 0 Å². The van der Waals surface area contributed by atoms with Crippen molar-refractivity contribution < 1.29 is 37.6 Å². The molecule has 1 aromatic rings. The Bertz CT molecular complexity index is 903. The Balaban J connectivity index is 3.61. The first-order valence-corrected chi connectivity index (χ1v) is 9.28. The quantitative estimate of drug-likeness (QED) is 0.368. The van der Waals surface area contributed by atoms with E-state index in [0.717, 1.165) is 31.3 Å². The van der Waals surface area contributed by atoms with Gasteiger partial charge in [-0.15, -0.1) is 0 Å². The summed E-state index contributed by atoms with van der Waals surface area (Å²) in [6.45, 7) is 2.74. The number of allylic oxidation sites excluding steroid dienone is 1. The lowest BCUT2D eigenvalue weighted by Gasteiger charge is -2.24. The zero-order chi connectivity index (χ0) is 22.1. The number of amides is 1. The maximum Gasteiger partial charge on any atom is 0.347 e. The van der Waals surface area contributed by atoms with E-state index in [1.54, 1.807) is 12.1 Å². The Morgan fingerprint density at radius 1 is 0.897 bits per heavy atom. The van der Waals surface area contributed by atoms with E-state index < -0.39 is 39.5 Å². The van der Waals surface area contributed by atoms with E-state index in [4.69, 9.17) is 0 Å². The second kappa shape index (κ2) is 10.9. The van der Waals surface area contributed by atoms with Crippen molar-refractivity contribution in [3.63, 3.8) is 0 Å². The maximum atomic E-state index is 13.1. The third kappa shape index (κ3) is 6.11. The number of ether oxygens (including phenoxy) is 3. The average Bonchev–Trinajstić information content (AvgIpc) is 2.70. The van der Waals surface area contributed by atoms with Gasteiger partial charge in [-0.2, -0.15) is 0 Å². The van der Waals surface area contributed by atoms with Gasteiger partial charge in [0, 0.05) is 24.8 Å². The smallest absolute Gasteiger partial charge is 0.347 e. The predicted octanol–water partition coefficient (Wildman–Crippen LogP) is 1.45. The third-order valence-electron chi connectivity index (χ3n) is 3.54. The molecule has 1 atom stereocenters. The van der Waals surface area contributed by atoms with Crippen molar-refractivity contribution in [1.82, 2.24) is 0 Å². The molecule has 0 saturated heterocycles. The molecule has 0 aromatic heterocycles. The van der Waals surface area contributed by atoms with E-state index >= 15 is 0 Å². The van der Waals surface area contributed by atoms with Gasteiger partial charge in [-0.1, -0.05) is 12.1 Å². The van der Waals surface area contributed by atoms with Crippen LogP contribution in [0.4, 0.5) is 5.69 Å². The molecule has 0 heterocycles. The van der Waals surface area contributed by atoms with Crippen LogP contribution in [-0.2, 0) is 44.2 Å². The van der Waals surface area contributed by atoms with Gasteiger partial charge in [0.1, 0.15) is 4.91 Å². The Morgan fingerprint density at radius 3 is 1.97 bits per heavy atom. The summed E-state index contributed by atoms with van der Waals surface area (Å²) < 4.78 is 26.8. The Hall–Kier alpha value is -3.27. The Labute approximate surface area is 170 Å². The molecule has 0 radical (unpaired) electrons. The van der Waals surface area contributed by atoms with Gasteiger partial charge < -0.3 is 14.2 Å². The summed E-state index contributed by atoms with van der Waals surface area (Å²) in [7, 11) is 1.15. The Morgan fingerprint density at radius 2 is 1.45 bits per heavy atom. The Kier molecular flexibility index (Phi) is 8.94. The second-order valence-electron chi connectivity index (χ2n) is 5.42. The molecule has 1 unspecified atom stereocenters. The number of hydrogen-bond donors (Lipinski definition) is 0. The number of methoxy groups -OCH3 is 3. The molecule has 156 valence electrons. The molecule has 1 aromatic carbocycles. The summed E-state index contributed by atoms with van der Waals surface area (Å²) in [5.74, 6) is -3.07. The zero-order valence-electron chi connectivity index (χ0n) is 16.6. The first-order valence-electron chi connectivity index (χ1n) is 8.13. The lowest BCUT2D eigenvalue weighted by atomic mass is 10.2. The summed E-state index contributed by atoms with van der Waals surface area (Å²) >= 11 is 0. The summed E-state index contributed by atoms with van der Waals surface area (Å²) in [6, 6.07) is 6.03. The van der Waals surface area contributed by atoms with Crippen molar-refractivity contribution in [2.75, 3.05) is 26.2 Å². The number of hydrogen-bond acceptors (Lipinski definition) is 8. The largest absolute Gasteiger partial charge is 0.466 e. The van der Waals surface area contributed by atoms with Crippen LogP contribution in [-0.4, -0.2) is 49.4 Å². The fraction of sp³-hybridized carbons (Fsp3) is 0.263. The van der Waals surface area contributed by atoms with E-state index in [0.29, 0.717) is 0 Å². The fourth-order valence-electron chi connectivity index (χ4n) is 2.27. The third-order valence-corrected chi connectivity index (χ3v) is 4.97. The number of carbonyl (C=O) groups is 4. The van der Waals surface area contributed by atoms with Crippen LogP contribution < -0.4 is 4.90 Å². The molecule has 0 N–H and O–H groups in total. The maximum absolute atomic E-state index is 13.1. The van der Waals surface area contributed by atoms with Gasteiger partial charge in [0.05, 0.1) is 42.7 Å². The number of nitrogens with zero attached hydrogens (tertiary/aromatic N) is 1. The molecular weight excluding hydrogens is 402 g/mol. The lowest BCUT2D eigenvalue weighted by Crippen LogP contribution is -2.28. The number of para-hydroxylation sites is 1. The van der Waals surface area contributed by atoms with Crippen molar-refractivity contribution in [3.8, 4) is 0 Å². The normalized spacial score (nSPS) is 12.6. The number of carbonyl (C=O) groups excluding carboxylic acids is 4. The van der Waals surface area contributed by atoms with Crippen LogP contribution >= 0.6 is 0 Å². The molecule has 0 bridgehead atoms.